The van der Waals surface area contributed by atoms with Crippen LogP contribution in [0.25, 0.3) is 0 Å². The molecule has 0 aliphatic heterocycles. The van der Waals surface area contributed by atoms with Crippen molar-refractivity contribution in [1.82, 2.24) is 24.7 Å². The van der Waals surface area contributed by atoms with Gasteiger partial charge in [0.2, 0.25) is 17.2 Å². The molecule has 0 aromatic carbocycles. The summed E-state index contributed by atoms with van der Waals surface area (Å²) in [7, 11) is 1.88. The van der Waals surface area contributed by atoms with Gasteiger partial charge in [0.1, 0.15) is 0 Å². The number of hydrogen-bond acceptors (Lipinski definition) is 6. The SMILES string of the molecule is Cn1cc(CCNc2nc(N)nc(Cl)n2)cn1. The number of halogens is 1. The summed E-state index contributed by atoms with van der Waals surface area (Å²) in [5, 5.41) is 7.18. The van der Waals surface area contributed by atoms with E-state index in [2.05, 4.69) is 25.4 Å². The van der Waals surface area contributed by atoms with Gasteiger partial charge in [0, 0.05) is 19.8 Å². The van der Waals surface area contributed by atoms with E-state index in [4.69, 9.17) is 17.3 Å². The molecule has 2 heterocycles. The lowest BCUT2D eigenvalue weighted by molar-refractivity contribution is 0.766. The number of nitrogens with zero attached hydrogens (tertiary/aromatic N) is 5. The summed E-state index contributed by atoms with van der Waals surface area (Å²) in [5.74, 6) is 0.486. The third-order valence-electron chi connectivity index (χ3n) is 2.08. The Labute approximate surface area is 103 Å². The molecule has 0 atom stereocenters. The normalized spacial score (nSPS) is 10.5. The van der Waals surface area contributed by atoms with Crippen LogP contribution in [0.1, 0.15) is 5.56 Å². The predicted octanol–water partition coefficient (Wildman–Crippen LogP) is 0.495. The maximum absolute atomic E-state index is 5.65. The lowest BCUT2D eigenvalue weighted by Gasteiger charge is -2.03. The van der Waals surface area contributed by atoms with Gasteiger partial charge in [-0.25, -0.2) is 0 Å². The summed E-state index contributed by atoms with van der Waals surface area (Å²) in [5.41, 5.74) is 6.58. The van der Waals surface area contributed by atoms with Crippen LogP contribution in [0, 0.1) is 0 Å². The highest BCUT2D eigenvalue weighted by atomic mass is 35.5. The van der Waals surface area contributed by atoms with Crippen molar-refractivity contribution >= 4 is 23.5 Å². The monoisotopic (exact) mass is 253 g/mol. The van der Waals surface area contributed by atoms with Crippen LogP contribution in [0.2, 0.25) is 5.28 Å². The standard InChI is InChI=1S/C9H12ClN7/c1-17-5-6(4-13-17)2-3-12-9-15-7(10)14-8(11)16-9/h4-5H,2-3H2,1H3,(H3,11,12,14,15,16). The van der Waals surface area contributed by atoms with Crippen molar-refractivity contribution in [2.75, 3.05) is 17.6 Å². The largest absolute Gasteiger partial charge is 0.368 e. The van der Waals surface area contributed by atoms with Gasteiger partial charge in [-0.3, -0.25) is 4.68 Å². The molecule has 8 heteroatoms. The van der Waals surface area contributed by atoms with Gasteiger partial charge in [-0.1, -0.05) is 0 Å². The quantitative estimate of drug-likeness (QED) is 0.824. The fourth-order valence-electron chi connectivity index (χ4n) is 1.36. The maximum atomic E-state index is 5.65. The minimum absolute atomic E-state index is 0.0846. The zero-order valence-electron chi connectivity index (χ0n) is 9.26. The zero-order chi connectivity index (χ0) is 12.3. The highest BCUT2D eigenvalue weighted by molar-refractivity contribution is 6.28. The Hall–Kier alpha value is -1.89. The molecule has 0 saturated carbocycles. The first-order chi connectivity index (χ1) is 8.13. The van der Waals surface area contributed by atoms with E-state index in [1.165, 1.54) is 0 Å². The molecule has 2 rings (SSSR count). The van der Waals surface area contributed by atoms with Crippen molar-refractivity contribution in [3.05, 3.63) is 23.2 Å². The second-order valence-corrected chi connectivity index (χ2v) is 3.82. The van der Waals surface area contributed by atoms with Crippen LogP contribution in [-0.4, -0.2) is 31.3 Å². The highest BCUT2D eigenvalue weighted by Crippen LogP contribution is 2.07. The van der Waals surface area contributed by atoms with Gasteiger partial charge in [-0.15, -0.1) is 0 Å². The number of hydrogen-bond donors (Lipinski definition) is 2. The molecule has 7 nitrogen and oxygen atoms in total. The van der Waals surface area contributed by atoms with Crippen LogP contribution in [0.5, 0.6) is 0 Å². The van der Waals surface area contributed by atoms with Gasteiger partial charge in [0.25, 0.3) is 0 Å². The fourth-order valence-corrected chi connectivity index (χ4v) is 1.53. The third kappa shape index (κ3) is 3.28. The molecular weight excluding hydrogens is 242 g/mol. The van der Waals surface area contributed by atoms with Gasteiger partial charge in [0.15, 0.2) is 0 Å². The Morgan fingerprint density at radius 3 is 2.88 bits per heavy atom. The summed E-state index contributed by atoms with van der Waals surface area (Å²) < 4.78 is 1.76. The molecule has 90 valence electrons. The molecule has 2 aromatic heterocycles. The van der Waals surface area contributed by atoms with Crippen molar-refractivity contribution in [2.45, 2.75) is 6.42 Å². The van der Waals surface area contributed by atoms with E-state index in [1.54, 1.807) is 4.68 Å². The predicted molar refractivity (Wildman–Crippen MR) is 64.7 cm³/mol. The van der Waals surface area contributed by atoms with Crippen LogP contribution < -0.4 is 11.1 Å². The molecule has 0 spiro atoms. The van der Waals surface area contributed by atoms with Crippen LogP contribution in [0.3, 0.4) is 0 Å². The number of aromatic nitrogens is 5. The Bertz CT molecular complexity index is 490. The molecule has 0 radical (unpaired) electrons. The molecule has 17 heavy (non-hydrogen) atoms. The topological polar surface area (TPSA) is 94.5 Å². The fraction of sp³-hybridized carbons (Fsp3) is 0.333. The van der Waals surface area contributed by atoms with E-state index in [1.807, 2.05) is 19.4 Å². The van der Waals surface area contributed by atoms with Gasteiger partial charge in [0.05, 0.1) is 6.20 Å². The molecule has 2 aromatic rings. The average molecular weight is 254 g/mol. The Morgan fingerprint density at radius 1 is 1.41 bits per heavy atom. The van der Waals surface area contributed by atoms with Crippen molar-refractivity contribution < 1.29 is 0 Å². The molecule has 0 saturated heterocycles. The van der Waals surface area contributed by atoms with E-state index in [0.29, 0.717) is 12.5 Å². The number of nitrogens with one attached hydrogen (secondary N) is 1. The summed E-state index contributed by atoms with van der Waals surface area (Å²) in [6, 6.07) is 0. The van der Waals surface area contributed by atoms with E-state index >= 15 is 0 Å². The van der Waals surface area contributed by atoms with Crippen molar-refractivity contribution in [3.63, 3.8) is 0 Å². The minimum atomic E-state index is 0.0846. The number of anilines is 2. The van der Waals surface area contributed by atoms with E-state index < -0.39 is 0 Å². The summed E-state index contributed by atoms with van der Waals surface area (Å²) in [6.45, 7) is 0.672. The Balaban J connectivity index is 1.89. The Morgan fingerprint density at radius 2 is 2.24 bits per heavy atom. The van der Waals surface area contributed by atoms with Gasteiger partial charge in [-0.2, -0.15) is 20.1 Å². The van der Waals surface area contributed by atoms with Crippen molar-refractivity contribution in [2.24, 2.45) is 7.05 Å². The summed E-state index contributed by atoms with van der Waals surface area (Å²) in [6.07, 6.45) is 4.59. The van der Waals surface area contributed by atoms with Gasteiger partial charge in [-0.05, 0) is 23.6 Å². The van der Waals surface area contributed by atoms with Crippen LogP contribution in [0.15, 0.2) is 12.4 Å². The summed E-state index contributed by atoms with van der Waals surface area (Å²) >= 11 is 5.65. The zero-order valence-corrected chi connectivity index (χ0v) is 10.0. The van der Waals surface area contributed by atoms with Crippen LogP contribution in [-0.2, 0) is 13.5 Å². The summed E-state index contributed by atoms with van der Waals surface area (Å²) in [4.78, 5) is 11.5. The second kappa shape index (κ2) is 4.96. The number of nitrogens with two attached hydrogens (primary N) is 1. The molecule has 0 unspecified atom stereocenters. The second-order valence-electron chi connectivity index (χ2n) is 3.49. The lowest BCUT2D eigenvalue weighted by Crippen LogP contribution is -2.10. The molecule has 0 aliphatic carbocycles. The van der Waals surface area contributed by atoms with Gasteiger partial charge < -0.3 is 11.1 Å². The van der Waals surface area contributed by atoms with Crippen molar-refractivity contribution in [1.29, 1.82) is 0 Å². The lowest BCUT2D eigenvalue weighted by atomic mass is 10.2. The number of rotatable bonds is 4. The van der Waals surface area contributed by atoms with Crippen LogP contribution >= 0.6 is 11.6 Å². The van der Waals surface area contributed by atoms with E-state index in [9.17, 15) is 0 Å². The van der Waals surface area contributed by atoms with Gasteiger partial charge >= 0.3 is 0 Å². The molecule has 0 bridgehead atoms. The first-order valence-electron chi connectivity index (χ1n) is 5.02. The maximum Gasteiger partial charge on any atom is 0.228 e. The van der Waals surface area contributed by atoms with E-state index in [-0.39, 0.29) is 11.2 Å². The van der Waals surface area contributed by atoms with E-state index in [0.717, 1.165) is 12.0 Å². The first-order valence-corrected chi connectivity index (χ1v) is 5.40. The minimum Gasteiger partial charge on any atom is -0.368 e. The highest BCUT2D eigenvalue weighted by Gasteiger charge is 2.02. The molecule has 0 fully saturated rings. The van der Waals surface area contributed by atoms with Crippen LogP contribution in [0.4, 0.5) is 11.9 Å². The smallest absolute Gasteiger partial charge is 0.228 e. The molecule has 3 N–H and O–H groups in total. The Kier molecular flexibility index (Phi) is 3.38. The number of nitrogen functional groups attached to an aromatic ring is 1. The molecular formula is C9H12ClN7. The third-order valence-corrected chi connectivity index (χ3v) is 2.25. The number of aryl methyl sites for hydroxylation is 1. The molecule has 0 aliphatic rings. The first kappa shape index (κ1) is 11.6. The molecule has 0 amide bonds. The van der Waals surface area contributed by atoms with Crippen molar-refractivity contribution in [3.8, 4) is 0 Å². The average Bonchev–Trinajstić information content (AvgIpc) is 2.63.